The molecule has 0 amide bonds. The zero-order chi connectivity index (χ0) is 15.4. The summed E-state index contributed by atoms with van der Waals surface area (Å²) in [4.78, 5) is 6.86. The summed E-state index contributed by atoms with van der Waals surface area (Å²) in [7, 11) is 0. The SMILES string of the molecule is CCN(CC)CCn1c(CCCl)nc2cc(Cl)c(F)cc21. The Hall–Kier alpha value is -0.840. The summed E-state index contributed by atoms with van der Waals surface area (Å²) in [6.07, 6.45) is 0.660. The summed E-state index contributed by atoms with van der Waals surface area (Å²) in [5, 5.41) is 0.105. The fourth-order valence-electron chi connectivity index (χ4n) is 2.48. The van der Waals surface area contributed by atoms with E-state index in [1.165, 1.54) is 6.07 Å². The highest BCUT2D eigenvalue weighted by atomic mass is 35.5. The van der Waals surface area contributed by atoms with Gasteiger partial charge in [-0.2, -0.15) is 0 Å². The summed E-state index contributed by atoms with van der Waals surface area (Å²) in [6, 6.07) is 3.04. The first-order chi connectivity index (χ1) is 10.1. The number of fused-ring (bicyclic) bond motifs is 1. The molecule has 3 nitrogen and oxygen atoms in total. The van der Waals surface area contributed by atoms with Gasteiger partial charge in [-0.05, 0) is 19.2 Å². The van der Waals surface area contributed by atoms with Crippen LogP contribution in [0.25, 0.3) is 11.0 Å². The van der Waals surface area contributed by atoms with E-state index in [9.17, 15) is 4.39 Å². The Morgan fingerprint density at radius 3 is 2.62 bits per heavy atom. The molecule has 0 aliphatic heterocycles. The molecule has 1 aromatic heterocycles. The third kappa shape index (κ3) is 3.68. The van der Waals surface area contributed by atoms with Gasteiger partial charge in [0.15, 0.2) is 0 Å². The van der Waals surface area contributed by atoms with Gasteiger partial charge in [-0.25, -0.2) is 9.37 Å². The first-order valence-electron chi connectivity index (χ1n) is 7.23. The zero-order valence-corrected chi connectivity index (χ0v) is 13.9. The van der Waals surface area contributed by atoms with Gasteiger partial charge in [-0.3, -0.25) is 0 Å². The Bertz CT molecular complexity index is 608. The number of likely N-dealkylation sites (N-methyl/N-ethyl adjacent to an activating group) is 1. The summed E-state index contributed by atoms with van der Waals surface area (Å²) < 4.78 is 15.8. The molecule has 0 atom stereocenters. The monoisotopic (exact) mass is 331 g/mol. The van der Waals surface area contributed by atoms with Crippen LogP contribution in [0.4, 0.5) is 4.39 Å². The fraction of sp³-hybridized carbons (Fsp3) is 0.533. The summed E-state index contributed by atoms with van der Waals surface area (Å²) in [5.41, 5.74) is 1.50. The van der Waals surface area contributed by atoms with Gasteiger partial charge >= 0.3 is 0 Å². The smallest absolute Gasteiger partial charge is 0.144 e. The van der Waals surface area contributed by atoms with Crippen LogP contribution in [0.15, 0.2) is 12.1 Å². The lowest BCUT2D eigenvalue weighted by Crippen LogP contribution is -2.27. The largest absolute Gasteiger partial charge is 0.327 e. The maximum absolute atomic E-state index is 13.7. The minimum Gasteiger partial charge on any atom is -0.327 e. The van der Waals surface area contributed by atoms with Crippen molar-refractivity contribution < 1.29 is 4.39 Å². The molecular formula is C15H20Cl2FN3. The standard InChI is InChI=1S/C15H20Cl2FN3/c1-3-20(4-2)7-8-21-14-10-12(18)11(17)9-13(14)19-15(21)5-6-16/h9-10H,3-8H2,1-2H3. The van der Waals surface area contributed by atoms with Crippen molar-refractivity contribution in [3.8, 4) is 0 Å². The second kappa shape index (κ2) is 7.43. The Kier molecular flexibility index (Phi) is 5.85. The average Bonchev–Trinajstić information content (AvgIpc) is 2.78. The minimum absolute atomic E-state index is 0.105. The van der Waals surface area contributed by atoms with Crippen LogP contribution in [-0.2, 0) is 13.0 Å². The van der Waals surface area contributed by atoms with Crippen molar-refractivity contribution in [2.24, 2.45) is 0 Å². The van der Waals surface area contributed by atoms with Crippen molar-refractivity contribution in [3.05, 3.63) is 28.8 Å². The number of nitrogens with zero attached hydrogens (tertiary/aromatic N) is 3. The molecule has 0 N–H and O–H groups in total. The molecule has 0 aliphatic rings. The topological polar surface area (TPSA) is 21.1 Å². The van der Waals surface area contributed by atoms with E-state index in [1.807, 2.05) is 0 Å². The van der Waals surface area contributed by atoms with Gasteiger partial charge < -0.3 is 9.47 Å². The normalized spacial score (nSPS) is 11.7. The molecule has 116 valence electrons. The van der Waals surface area contributed by atoms with E-state index in [1.54, 1.807) is 6.07 Å². The van der Waals surface area contributed by atoms with Crippen molar-refractivity contribution in [2.75, 3.05) is 25.5 Å². The number of halogens is 3. The van der Waals surface area contributed by atoms with Crippen LogP contribution < -0.4 is 0 Å². The molecule has 21 heavy (non-hydrogen) atoms. The number of aryl methyl sites for hydroxylation is 1. The lowest BCUT2D eigenvalue weighted by Gasteiger charge is -2.19. The first-order valence-corrected chi connectivity index (χ1v) is 8.14. The van der Waals surface area contributed by atoms with Crippen molar-refractivity contribution in [2.45, 2.75) is 26.8 Å². The summed E-state index contributed by atoms with van der Waals surface area (Å²) in [5.74, 6) is 0.963. The highest BCUT2D eigenvalue weighted by Gasteiger charge is 2.14. The van der Waals surface area contributed by atoms with Gasteiger partial charge in [0.1, 0.15) is 11.6 Å². The van der Waals surface area contributed by atoms with E-state index in [-0.39, 0.29) is 5.02 Å². The first kappa shape index (κ1) is 16.5. The molecule has 0 fully saturated rings. The number of hydrogen-bond acceptors (Lipinski definition) is 2. The van der Waals surface area contributed by atoms with Crippen molar-refractivity contribution in [1.82, 2.24) is 14.5 Å². The van der Waals surface area contributed by atoms with Crippen LogP contribution in [0.3, 0.4) is 0 Å². The molecule has 0 spiro atoms. The molecule has 2 aromatic rings. The lowest BCUT2D eigenvalue weighted by atomic mass is 10.3. The van der Waals surface area contributed by atoms with Crippen LogP contribution in [0.5, 0.6) is 0 Å². The van der Waals surface area contributed by atoms with Gasteiger partial charge in [-0.15, -0.1) is 11.6 Å². The second-order valence-corrected chi connectivity index (χ2v) is 5.69. The van der Waals surface area contributed by atoms with Gasteiger partial charge in [0.2, 0.25) is 0 Å². The third-order valence-electron chi connectivity index (χ3n) is 3.72. The van der Waals surface area contributed by atoms with Crippen LogP contribution in [0, 0.1) is 5.82 Å². The third-order valence-corrected chi connectivity index (χ3v) is 4.20. The highest BCUT2D eigenvalue weighted by molar-refractivity contribution is 6.31. The van der Waals surface area contributed by atoms with E-state index in [0.29, 0.717) is 12.3 Å². The average molecular weight is 332 g/mol. The minimum atomic E-state index is -0.412. The van der Waals surface area contributed by atoms with Gasteiger partial charge in [0.05, 0.1) is 16.1 Å². The van der Waals surface area contributed by atoms with E-state index in [0.717, 1.165) is 43.0 Å². The van der Waals surface area contributed by atoms with Gasteiger partial charge in [0, 0.05) is 31.5 Å². The fourth-order valence-corrected chi connectivity index (χ4v) is 2.80. The Morgan fingerprint density at radius 2 is 2.00 bits per heavy atom. The lowest BCUT2D eigenvalue weighted by molar-refractivity contribution is 0.290. The number of imidazole rings is 1. The van der Waals surface area contributed by atoms with Crippen LogP contribution >= 0.6 is 23.2 Å². The van der Waals surface area contributed by atoms with E-state index in [4.69, 9.17) is 23.2 Å². The van der Waals surface area contributed by atoms with Crippen molar-refractivity contribution in [3.63, 3.8) is 0 Å². The molecule has 0 radical (unpaired) electrons. The van der Waals surface area contributed by atoms with Gasteiger partial charge in [-0.1, -0.05) is 25.4 Å². The van der Waals surface area contributed by atoms with E-state index in [2.05, 4.69) is 28.3 Å². The van der Waals surface area contributed by atoms with Crippen LogP contribution in [0.2, 0.25) is 5.02 Å². The summed E-state index contributed by atoms with van der Waals surface area (Å²) >= 11 is 11.7. The Labute approximate surface area is 134 Å². The Balaban J connectivity index is 2.38. The van der Waals surface area contributed by atoms with Gasteiger partial charge in [0.25, 0.3) is 0 Å². The van der Waals surface area contributed by atoms with Crippen molar-refractivity contribution >= 4 is 34.2 Å². The highest BCUT2D eigenvalue weighted by Crippen LogP contribution is 2.24. The molecule has 0 saturated heterocycles. The van der Waals surface area contributed by atoms with E-state index < -0.39 is 5.82 Å². The molecule has 6 heteroatoms. The molecule has 1 aromatic carbocycles. The number of alkyl halides is 1. The molecular weight excluding hydrogens is 312 g/mol. The molecule has 2 rings (SSSR count). The second-order valence-electron chi connectivity index (χ2n) is 4.90. The van der Waals surface area contributed by atoms with Crippen LogP contribution in [0.1, 0.15) is 19.7 Å². The predicted octanol–water partition coefficient (Wildman–Crippen LogP) is 3.95. The zero-order valence-electron chi connectivity index (χ0n) is 12.4. The van der Waals surface area contributed by atoms with Crippen LogP contribution in [-0.4, -0.2) is 40.0 Å². The van der Waals surface area contributed by atoms with Crippen molar-refractivity contribution in [1.29, 1.82) is 0 Å². The quantitative estimate of drug-likeness (QED) is 0.716. The molecule has 0 unspecified atom stereocenters. The number of hydrogen-bond donors (Lipinski definition) is 0. The molecule has 0 aliphatic carbocycles. The molecule has 1 heterocycles. The Morgan fingerprint density at radius 1 is 1.29 bits per heavy atom. The molecule has 0 bridgehead atoms. The number of aromatic nitrogens is 2. The predicted molar refractivity (Wildman–Crippen MR) is 86.9 cm³/mol. The number of benzene rings is 1. The molecule has 0 saturated carbocycles. The van der Waals surface area contributed by atoms with E-state index >= 15 is 0 Å². The maximum Gasteiger partial charge on any atom is 0.144 e. The number of rotatable bonds is 7. The summed E-state index contributed by atoms with van der Waals surface area (Å²) in [6.45, 7) is 7.93. The maximum atomic E-state index is 13.7.